The maximum Gasteiger partial charge on any atom is 0.416 e. The summed E-state index contributed by atoms with van der Waals surface area (Å²) in [6.07, 6.45) is 0.353. The Labute approximate surface area is 253 Å². The van der Waals surface area contributed by atoms with Crippen molar-refractivity contribution < 1.29 is 18.0 Å². The fourth-order valence-corrected chi connectivity index (χ4v) is 7.74. The first-order chi connectivity index (χ1) is 20.5. The molecule has 0 spiro atoms. The van der Waals surface area contributed by atoms with Crippen LogP contribution >= 0.6 is 0 Å². The molecule has 2 N–H and O–H groups in total. The standard InChI is InChI=1S/C35H45F3N4O/c1-23-29-22-42(15-11-25(29)19-31-32(23)28-20-26(35(36,37)38)9-10-30(28)40-31)18-14-34(2,3)33(43)39-27-12-16-41(17-13-27)21-24-7-5-4-6-8-24/h4-10,20,23,25,27,29,40H,11-19,21-22H2,1-3H3,(H,39,43)/t23-,25-,29-/m1/s1. The van der Waals surface area contributed by atoms with Crippen molar-refractivity contribution in [2.45, 2.75) is 77.6 Å². The van der Waals surface area contributed by atoms with Crippen molar-refractivity contribution in [3.05, 3.63) is 70.9 Å². The number of fused-ring (bicyclic) bond motifs is 4. The fraction of sp³-hybridized carbons (Fsp3) is 0.571. The number of carbonyl (C=O) groups excluding carboxylic acids is 1. The SMILES string of the molecule is C[C@H]1c2c([nH]c3ccc(C(F)(F)F)cc23)C[C@H]2CCN(CCC(C)(C)C(=O)NC3CCN(Cc4ccccc4)CC3)C[C@@H]21. The van der Waals surface area contributed by atoms with Gasteiger partial charge in [-0.2, -0.15) is 13.2 Å². The van der Waals surface area contributed by atoms with Gasteiger partial charge in [0.2, 0.25) is 5.91 Å². The molecule has 2 aliphatic heterocycles. The van der Waals surface area contributed by atoms with Crippen molar-refractivity contribution in [3.8, 4) is 0 Å². The molecular weight excluding hydrogens is 549 g/mol. The van der Waals surface area contributed by atoms with Crippen molar-refractivity contribution >= 4 is 16.8 Å². The number of alkyl halides is 3. The van der Waals surface area contributed by atoms with Gasteiger partial charge in [-0.05, 0) is 92.3 Å². The van der Waals surface area contributed by atoms with Crippen molar-refractivity contribution in [1.82, 2.24) is 20.1 Å². The minimum atomic E-state index is -4.35. The highest BCUT2D eigenvalue weighted by molar-refractivity contribution is 5.86. The van der Waals surface area contributed by atoms with E-state index in [0.29, 0.717) is 11.8 Å². The number of piperidine rings is 2. The normalized spacial score (nSPS) is 24.1. The summed E-state index contributed by atoms with van der Waals surface area (Å²) in [5, 5.41) is 4.08. The van der Waals surface area contributed by atoms with Crippen LogP contribution in [0.4, 0.5) is 13.2 Å². The van der Waals surface area contributed by atoms with Crippen molar-refractivity contribution in [2.24, 2.45) is 17.3 Å². The highest BCUT2D eigenvalue weighted by atomic mass is 19.4. The first kappa shape index (κ1) is 30.2. The zero-order valence-corrected chi connectivity index (χ0v) is 25.6. The molecule has 43 heavy (non-hydrogen) atoms. The number of aromatic nitrogens is 1. The minimum absolute atomic E-state index is 0.138. The number of aromatic amines is 1. The highest BCUT2D eigenvalue weighted by Gasteiger charge is 2.41. The van der Waals surface area contributed by atoms with Crippen LogP contribution in [0.2, 0.25) is 0 Å². The van der Waals surface area contributed by atoms with Crippen LogP contribution in [0.3, 0.4) is 0 Å². The third-order valence-corrected chi connectivity index (χ3v) is 10.5. The van der Waals surface area contributed by atoms with Crippen LogP contribution in [0.25, 0.3) is 10.9 Å². The van der Waals surface area contributed by atoms with Gasteiger partial charge in [0, 0.05) is 54.2 Å². The lowest BCUT2D eigenvalue weighted by atomic mass is 9.68. The second kappa shape index (κ2) is 11.9. The monoisotopic (exact) mass is 594 g/mol. The van der Waals surface area contributed by atoms with E-state index < -0.39 is 17.2 Å². The fourth-order valence-electron chi connectivity index (χ4n) is 7.74. The smallest absolute Gasteiger partial charge is 0.358 e. The lowest BCUT2D eigenvalue weighted by Gasteiger charge is -2.45. The topological polar surface area (TPSA) is 51.4 Å². The van der Waals surface area contributed by atoms with E-state index in [9.17, 15) is 18.0 Å². The van der Waals surface area contributed by atoms with Crippen LogP contribution < -0.4 is 5.32 Å². The van der Waals surface area contributed by atoms with Crippen LogP contribution in [0.1, 0.15) is 74.8 Å². The Kier molecular flexibility index (Phi) is 8.37. The number of rotatable bonds is 7. The number of hydrogen-bond donors (Lipinski definition) is 2. The van der Waals surface area contributed by atoms with Gasteiger partial charge in [0.25, 0.3) is 0 Å². The van der Waals surface area contributed by atoms with Gasteiger partial charge in [-0.25, -0.2) is 0 Å². The van der Waals surface area contributed by atoms with Crippen LogP contribution in [0.5, 0.6) is 0 Å². The molecular formula is C35H45F3N4O. The second-order valence-electron chi connectivity index (χ2n) is 13.9. The maximum absolute atomic E-state index is 13.5. The number of halogens is 3. The summed E-state index contributed by atoms with van der Waals surface area (Å²) in [7, 11) is 0. The third-order valence-electron chi connectivity index (χ3n) is 10.5. The number of benzene rings is 2. The molecule has 3 heterocycles. The lowest BCUT2D eigenvalue weighted by Crippen LogP contribution is -2.49. The van der Waals surface area contributed by atoms with Gasteiger partial charge in [-0.1, -0.05) is 51.1 Å². The molecule has 2 fully saturated rings. The Bertz CT molecular complexity index is 1420. The Hall–Kier alpha value is -2.84. The molecule has 5 nitrogen and oxygen atoms in total. The number of nitrogens with one attached hydrogen (secondary N) is 2. The first-order valence-corrected chi connectivity index (χ1v) is 16.0. The van der Waals surface area contributed by atoms with Crippen molar-refractivity contribution in [3.63, 3.8) is 0 Å². The zero-order chi connectivity index (χ0) is 30.4. The molecule has 1 amide bonds. The average molecular weight is 595 g/mol. The van der Waals surface area contributed by atoms with E-state index in [-0.39, 0.29) is 17.9 Å². The average Bonchev–Trinajstić information content (AvgIpc) is 3.35. The molecule has 8 heteroatoms. The Morgan fingerprint density at radius 1 is 1.00 bits per heavy atom. The number of nitrogens with zero attached hydrogens (tertiary/aromatic N) is 2. The van der Waals surface area contributed by atoms with E-state index in [1.165, 1.54) is 17.7 Å². The summed E-state index contributed by atoms with van der Waals surface area (Å²) in [6, 6.07) is 14.9. The molecule has 1 aromatic heterocycles. The molecule has 3 atom stereocenters. The van der Waals surface area contributed by atoms with E-state index in [0.717, 1.165) is 93.5 Å². The van der Waals surface area contributed by atoms with E-state index in [1.54, 1.807) is 6.07 Å². The molecule has 0 bridgehead atoms. The summed E-state index contributed by atoms with van der Waals surface area (Å²) in [5.41, 5.74) is 3.26. The summed E-state index contributed by atoms with van der Waals surface area (Å²) in [5.74, 6) is 1.24. The van der Waals surface area contributed by atoms with Crippen LogP contribution in [-0.4, -0.2) is 59.5 Å². The molecule has 0 saturated carbocycles. The number of hydrogen-bond acceptors (Lipinski definition) is 3. The van der Waals surface area contributed by atoms with Crippen LogP contribution in [0.15, 0.2) is 48.5 Å². The molecule has 3 aromatic rings. The van der Waals surface area contributed by atoms with Crippen LogP contribution in [0, 0.1) is 17.3 Å². The predicted octanol–water partition coefficient (Wildman–Crippen LogP) is 6.98. The van der Waals surface area contributed by atoms with Gasteiger partial charge in [0.15, 0.2) is 0 Å². The summed E-state index contributed by atoms with van der Waals surface area (Å²) < 4.78 is 40.4. The molecule has 0 radical (unpaired) electrons. The minimum Gasteiger partial charge on any atom is -0.358 e. The van der Waals surface area contributed by atoms with Crippen molar-refractivity contribution in [2.75, 3.05) is 32.7 Å². The summed E-state index contributed by atoms with van der Waals surface area (Å²) in [6.45, 7) is 12.0. The predicted molar refractivity (Wildman–Crippen MR) is 165 cm³/mol. The number of carbonyl (C=O) groups is 1. The lowest BCUT2D eigenvalue weighted by molar-refractivity contribution is -0.137. The van der Waals surface area contributed by atoms with Gasteiger partial charge in [0.1, 0.15) is 0 Å². The zero-order valence-electron chi connectivity index (χ0n) is 25.6. The van der Waals surface area contributed by atoms with E-state index in [2.05, 4.69) is 65.1 Å². The largest absolute Gasteiger partial charge is 0.416 e. The summed E-state index contributed by atoms with van der Waals surface area (Å²) >= 11 is 0. The summed E-state index contributed by atoms with van der Waals surface area (Å²) in [4.78, 5) is 21.8. The van der Waals surface area contributed by atoms with E-state index >= 15 is 0 Å². The molecule has 6 rings (SSSR count). The van der Waals surface area contributed by atoms with Gasteiger partial charge in [-0.3, -0.25) is 9.69 Å². The maximum atomic E-state index is 13.5. The molecule has 0 unspecified atom stereocenters. The Morgan fingerprint density at radius 2 is 1.72 bits per heavy atom. The third kappa shape index (κ3) is 6.51. The quantitative estimate of drug-likeness (QED) is 0.310. The second-order valence-corrected chi connectivity index (χ2v) is 13.9. The molecule has 2 aromatic carbocycles. The van der Waals surface area contributed by atoms with Crippen molar-refractivity contribution in [1.29, 1.82) is 0 Å². The Morgan fingerprint density at radius 3 is 2.44 bits per heavy atom. The van der Waals surface area contributed by atoms with Gasteiger partial charge >= 0.3 is 6.18 Å². The number of likely N-dealkylation sites (tertiary alicyclic amines) is 2. The number of H-pyrrole nitrogens is 1. The van der Waals surface area contributed by atoms with Gasteiger partial charge in [0.05, 0.1) is 5.56 Å². The van der Waals surface area contributed by atoms with E-state index in [4.69, 9.17) is 0 Å². The van der Waals surface area contributed by atoms with Crippen LogP contribution in [-0.2, 0) is 23.9 Å². The first-order valence-electron chi connectivity index (χ1n) is 16.0. The highest BCUT2D eigenvalue weighted by Crippen LogP contribution is 2.47. The van der Waals surface area contributed by atoms with Gasteiger partial charge in [-0.15, -0.1) is 0 Å². The van der Waals surface area contributed by atoms with E-state index in [1.807, 2.05) is 6.07 Å². The number of amides is 1. The molecule has 232 valence electrons. The molecule has 3 aliphatic rings. The molecule has 1 aliphatic carbocycles. The van der Waals surface area contributed by atoms with Gasteiger partial charge < -0.3 is 15.2 Å². The Balaban J connectivity index is 1.02. The molecule has 2 saturated heterocycles.